The molecule has 1 aliphatic heterocycles. The maximum atomic E-state index is 12.1. The summed E-state index contributed by atoms with van der Waals surface area (Å²) in [5.74, 6) is -0.473. The average molecular weight is 378 g/mol. The molecule has 7 heteroatoms. The molecule has 2 aromatic rings. The van der Waals surface area contributed by atoms with Crippen LogP contribution in [0, 0.1) is 0 Å². The quantitative estimate of drug-likeness (QED) is 0.819. The highest BCUT2D eigenvalue weighted by Gasteiger charge is 2.19. The first kappa shape index (κ1) is 17.3. The molecule has 1 heterocycles. The zero-order chi connectivity index (χ0) is 17.8. The summed E-state index contributed by atoms with van der Waals surface area (Å²) in [5, 5.41) is 3.51. The molecule has 0 spiro atoms. The van der Waals surface area contributed by atoms with Crippen LogP contribution in [0.15, 0.2) is 48.0 Å². The van der Waals surface area contributed by atoms with E-state index in [4.69, 9.17) is 32.7 Å². The number of carbonyl (C=O) groups excluding carboxylic acids is 2. The van der Waals surface area contributed by atoms with E-state index in [1.807, 2.05) is 0 Å². The summed E-state index contributed by atoms with van der Waals surface area (Å²) in [6, 6.07) is 11.9. The predicted octanol–water partition coefficient (Wildman–Crippen LogP) is 3.95. The van der Waals surface area contributed by atoms with Gasteiger partial charge in [-0.25, -0.2) is 4.79 Å². The molecule has 0 bridgehead atoms. The molecule has 5 nitrogen and oxygen atoms in total. The summed E-state index contributed by atoms with van der Waals surface area (Å²) in [4.78, 5) is 24.0. The maximum Gasteiger partial charge on any atom is 0.338 e. The lowest BCUT2D eigenvalue weighted by Crippen LogP contribution is -2.24. The van der Waals surface area contributed by atoms with E-state index >= 15 is 0 Å². The van der Waals surface area contributed by atoms with E-state index in [1.54, 1.807) is 48.5 Å². The van der Waals surface area contributed by atoms with Crippen molar-refractivity contribution in [1.82, 2.24) is 0 Å². The summed E-state index contributed by atoms with van der Waals surface area (Å²) in [6.45, 7) is -0.358. The van der Waals surface area contributed by atoms with Gasteiger partial charge in [0.1, 0.15) is 12.4 Å². The van der Waals surface area contributed by atoms with Crippen molar-refractivity contribution >= 4 is 46.8 Å². The molecule has 25 heavy (non-hydrogen) atoms. The number of anilines is 1. The Morgan fingerprint density at radius 3 is 2.76 bits per heavy atom. The Balaban J connectivity index is 1.59. The zero-order valence-corrected chi connectivity index (χ0v) is 14.4. The highest BCUT2D eigenvalue weighted by atomic mass is 35.5. The average Bonchev–Trinajstić information content (AvgIpc) is 2.61. The number of carbonyl (C=O) groups is 2. The molecule has 1 amide bonds. The van der Waals surface area contributed by atoms with Crippen LogP contribution in [0.2, 0.25) is 10.0 Å². The lowest BCUT2D eigenvalue weighted by Gasteiger charge is -2.17. The van der Waals surface area contributed by atoms with Crippen LogP contribution in [-0.4, -0.2) is 25.1 Å². The lowest BCUT2D eigenvalue weighted by atomic mass is 10.1. The first-order chi connectivity index (χ1) is 12.0. The zero-order valence-electron chi connectivity index (χ0n) is 12.9. The van der Waals surface area contributed by atoms with Crippen LogP contribution in [0.3, 0.4) is 0 Å². The van der Waals surface area contributed by atoms with Gasteiger partial charge in [-0.1, -0.05) is 35.3 Å². The first-order valence-electron chi connectivity index (χ1n) is 7.37. The molecule has 1 aliphatic rings. The molecule has 0 unspecified atom stereocenters. The Bertz CT molecular complexity index is 864. The maximum absolute atomic E-state index is 12.1. The molecular formula is C18H13Cl2NO4. The fraction of sp³-hybridized carbons (Fsp3) is 0.111. The van der Waals surface area contributed by atoms with Crippen LogP contribution in [0.5, 0.6) is 5.75 Å². The van der Waals surface area contributed by atoms with Gasteiger partial charge in [0, 0.05) is 10.6 Å². The standard InChI is InChI=1S/C18H13Cl2NO4/c19-13-5-6-16-11(8-13)7-12(9-24-16)18(23)25-10-17(22)21-15-4-2-1-3-14(15)20/h1-8H,9-10H2,(H,21,22). The third-order valence-electron chi connectivity index (χ3n) is 3.43. The van der Waals surface area contributed by atoms with Gasteiger partial charge in [0.25, 0.3) is 5.91 Å². The van der Waals surface area contributed by atoms with Gasteiger partial charge in [-0.3, -0.25) is 4.79 Å². The largest absolute Gasteiger partial charge is 0.488 e. The number of ether oxygens (including phenoxy) is 2. The predicted molar refractivity (Wildman–Crippen MR) is 96.0 cm³/mol. The molecule has 128 valence electrons. The summed E-state index contributed by atoms with van der Waals surface area (Å²) in [5.41, 5.74) is 1.44. The number of nitrogens with one attached hydrogen (secondary N) is 1. The summed E-state index contributed by atoms with van der Waals surface area (Å²) >= 11 is 11.9. The highest BCUT2D eigenvalue weighted by molar-refractivity contribution is 6.33. The number of hydrogen-bond donors (Lipinski definition) is 1. The molecule has 1 N–H and O–H groups in total. The van der Waals surface area contributed by atoms with Crippen LogP contribution in [-0.2, 0) is 14.3 Å². The minimum Gasteiger partial charge on any atom is -0.488 e. The van der Waals surface area contributed by atoms with Crippen LogP contribution < -0.4 is 10.1 Å². The molecule has 0 fully saturated rings. The van der Waals surface area contributed by atoms with Crippen molar-refractivity contribution in [3.05, 3.63) is 63.6 Å². The summed E-state index contributed by atoms with van der Waals surface area (Å²) < 4.78 is 10.5. The van der Waals surface area contributed by atoms with Gasteiger partial charge in [0.15, 0.2) is 6.61 Å². The Hall–Kier alpha value is -2.50. The number of rotatable bonds is 4. The molecular weight excluding hydrogens is 365 g/mol. The smallest absolute Gasteiger partial charge is 0.338 e. The minimum absolute atomic E-state index is 0.0690. The van der Waals surface area contributed by atoms with Gasteiger partial charge >= 0.3 is 5.97 Å². The Morgan fingerprint density at radius 1 is 1.16 bits per heavy atom. The molecule has 0 radical (unpaired) electrons. The third-order valence-corrected chi connectivity index (χ3v) is 3.99. The monoisotopic (exact) mass is 377 g/mol. The minimum atomic E-state index is -0.625. The van der Waals surface area contributed by atoms with E-state index in [0.717, 1.165) is 0 Å². The molecule has 0 atom stereocenters. The molecule has 0 saturated carbocycles. The van der Waals surface area contributed by atoms with E-state index in [9.17, 15) is 9.59 Å². The topological polar surface area (TPSA) is 64.6 Å². The second kappa shape index (κ2) is 7.59. The second-order valence-electron chi connectivity index (χ2n) is 5.24. The van der Waals surface area contributed by atoms with Gasteiger partial charge in [-0.15, -0.1) is 0 Å². The van der Waals surface area contributed by atoms with Gasteiger partial charge in [0.05, 0.1) is 16.3 Å². The van der Waals surface area contributed by atoms with E-state index in [-0.39, 0.29) is 6.61 Å². The van der Waals surface area contributed by atoms with Crippen LogP contribution in [0.25, 0.3) is 6.08 Å². The van der Waals surface area contributed by atoms with Crippen LogP contribution >= 0.6 is 23.2 Å². The highest BCUT2D eigenvalue weighted by Crippen LogP contribution is 2.29. The molecule has 3 rings (SSSR count). The Labute approximate surface area is 154 Å². The number of hydrogen-bond acceptors (Lipinski definition) is 4. The van der Waals surface area contributed by atoms with E-state index < -0.39 is 18.5 Å². The van der Waals surface area contributed by atoms with E-state index in [1.165, 1.54) is 0 Å². The number of esters is 1. The molecule has 2 aromatic carbocycles. The SMILES string of the molecule is O=C(COC(=O)C1=Cc2cc(Cl)ccc2OC1)Nc1ccccc1Cl. The number of amides is 1. The lowest BCUT2D eigenvalue weighted by molar-refractivity contribution is -0.143. The fourth-order valence-corrected chi connectivity index (χ4v) is 2.60. The van der Waals surface area contributed by atoms with Crippen LogP contribution in [0.1, 0.15) is 5.56 Å². The number of para-hydroxylation sites is 1. The van der Waals surface area contributed by atoms with Crippen molar-refractivity contribution in [1.29, 1.82) is 0 Å². The van der Waals surface area contributed by atoms with Crippen molar-refractivity contribution in [2.24, 2.45) is 0 Å². The second-order valence-corrected chi connectivity index (χ2v) is 6.09. The van der Waals surface area contributed by atoms with Gasteiger partial charge in [-0.05, 0) is 36.4 Å². The van der Waals surface area contributed by atoms with Gasteiger partial charge in [0.2, 0.25) is 0 Å². The summed E-state index contributed by atoms with van der Waals surface area (Å²) in [6.07, 6.45) is 1.64. The van der Waals surface area contributed by atoms with Gasteiger partial charge in [-0.2, -0.15) is 0 Å². The molecule has 0 aromatic heterocycles. The number of fused-ring (bicyclic) bond motifs is 1. The van der Waals surface area contributed by atoms with Crippen molar-refractivity contribution in [3.63, 3.8) is 0 Å². The normalized spacial score (nSPS) is 12.5. The van der Waals surface area contributed by atoms with Crippen molar-refractivity contribution in [2.75, 3.05) is 18.5 Å². The fourth-order valence-electron chi connectivity index (χ4n) is 2.24. The molecule has 0 saturated heterocycles. The number of halogens is 2. The van der Waals surface area contributed by atoms with Crippen molar-refractivity contribution < 1.29 is 19.1 Å². The Morgan fingerprint density at radius 2 is 1.96 bits per heavy atom. The number of benzene rings is 2. The van der Waals surface area contributed by atoms with E-state index in [0.29, 0.717) is 32.6 Å². The van der Waals surface area contributed by atoms with Gasteiger partial charge < -0.3 is 14.8 Å². The summed E-state index contributed by atoms with van der Waals surface area (Å²) in [7, 11) is 0. The van der Waals surface area contributed by atoms with Crippen molar-refractivity contribution in [2.45, 2.75) is 0 Å². The molecule has 0 aliphatic carbocycles. The first-order valence-corrected chi connectivity index (χ1v) is 8.13. The van der Waals surface area contributed by atoms with E-state index in [2.05, 4.69) is 5.32 Å². The Kier molecular flexibility index (Phi) is 5.26. The third kappa shape index (κ3) is 4.32. The van der Waals surface area contributed by atoms with Crippen molar-refractivity contribution in [3.8, 4) is 5.75 Å². The van der Waals surface area contributed by atoms with Crippen LogP contribution in [0.4, 0.5) is 5.69 Å².